The fourth-order valence-electron chi connectivity index (χ4n) is 1.70. The molecule has 2 aromatic carbocycles. The molecule has 18 heavy (non-hydrogen) atoms. The lowest BCUT2D eigenvalue weighted by Crippen LogP contribution is -1.98. The summed E-state index contributed by atoms with van der Waals surface area (Å²) in [6.45, 7) is 1.95. The highest BCUT2D eigenvalue weighted by atomic mass is 79.9. The SMILES string of the molecule is CC[C@@H](O)c1ccccc1Oc1ccc(Br)cc1. The van der Waals surface area contributed by atoms with Crippen LogP contribution in [0.3, 0.4) is 0 Å². The van der Waals surface area contributed by atoms with Gasteiger partial charge in [-0.3, -0.25) is 0 Å². The average Bonchev–Trinajstić information content (AvgIpc) is 2.41. The monoisotopic (exact) mass is 306 g/mol. The molecule has 1 N–H and O–H groups in total. The number of aliphatic hydroxyl groups excluding tert-OH is 1. The second kappa shape index (κ2) is 6.03. The molecule has 0 radical (unpaired) electrons. The molecule has 0 saturated carbocycles. The Labute approximate surface area is 115 Å². The Bertz CT molecular complexity index is 508. The fraction of sp³-hybridized carbons (Fsp3) is 0.200. The Morgan fingerprint density at radius 1 is 1.11 bits per heavy atom. The lowest BCUT2D eigenvalue weighted by atomic mass is 10.1. The number of rotatable bonds is 4. The number of para-hydroxylation sites is 1. The van der Waals surface area contributed by atoms with Crippen molar-refractivity contribution in [1.82, 2.24) is 0 Å². The molecule has 0 fully saturated rings. The van der Waals surface area contributed by atoms with Crippen LogP contribution >= 0.6 is 15.9 Å². The summed E-state index contributed by atoms with van der Waals surface area (Å²) in [5.74, 6) is 1.46. The minimum atomic E-state index is -0.489. The summed E-state index contributed by atoms with van der Waals surface area (Å²) in [5, 5.41) is 9.94. The van der Waals surface area contributed by atoms with Gasteiger partial charge >= 0.3 is 0 Å². The minimum Gasteiger partial charge on any atom is -0.457 e. The molecule has 2 aromatic rings. The molecule has 0 spiro atoms. The summed E-state index contributed by atoms with van der Waals surface area (Å²) >= 11 is 3.38. The van der Waals surface area contributed by atoms with E-state index in [9.17, 15) is 5.11 Å². The molecule has 0 bridgehead atoms. The predicted molar refractivity (Wildman–Crippen MR) is 75.9 cm³/mol. The van der Waals surface area contributed by atoms with Crippen LogP contribution in [0.25, 0.3) is 0 Å². The zero-order valence-corrected chi connectivity index (χ0v) is 11.7. The van der Waals surface area contributed by atoms with E-state index in [2.05, 4.69) is 15.9 Å². The van der Waals surface area contributed by atoms with Gasteiger partial charge in [-0.2, -0.15) is 0 Å². The molecule has 0 unspecified atom stereocenters. The summed E-state index contributed by atoms with van der Waals surface area (Å²) in [6.07, 6.45) is 0.178. The van der Waals surface area contributed by atoms with Crippen LogP contribution in [-0.2, 0) is 0 Å². The van der Waals surface area contributed by atoms with Gasteiger partial charge < -0.3 is 9.84 Å². The largest absolute Gasteiger partial charge is 0.457 e. The smallest absolute Gasteiger partial charge is 0.133 e. The molecular weight excluding hydrogens is 292 g/mol. The zero-order chi connectivity index (χ0) is 13.0. The Morgan fingerprint density at radius 2 is 1.78 bits per heavy atom. The van der Waals surface area contributed by atoms with Crippen molar-refractivity contribution in [3.63, 3.8) is 0 Å². The van der Waals surface area contributed by atoms with Gasteiger partial charge in [-0.25, -0.2) is 0 Å². The lowest BCUT2D eigenvalue weighted by Gasteiger charge is -2.14. The van der Waals surface area contributed by atoms with E-state index >= 15 is 0 Å². The maximum atomic E-state index is 9.94. The van der Waals surface area contributed by atoms with Gasteiger partial charge in [0, 0.05) is 10.0 Å². The van der Waals surface area contributed by atoms with E-state index < -0.39 is 6.10 Å². The first kappa shape index (κ1) is 13.1. The maximum Gasteiger partial charge on any atom is 0.133 e. The van der Waals surface area contributed by atoms with E-state index in [0.29, 0.717) is 12.2 Å². The van der Waals surface area contributed by atoms with E-state index in [4.69, 9.17) is 4.74 Å². The minimum absolute atomic E-state index is 0.489. The number of hydrogen-bond acceptors (Lipinski definition) is 2. The molecule has 0 aliphatic heterocycles. The Hall–Kier alpha value is -1.32. The molecule has 2 rings (SSSR count). The summed E-state index contributed by atoms with van der Waals surface area (Å²) in [4.78, 5) is 0. The van der Waals surface area contributed by atoms with Crippen LogP contribution in [-0.4, -0.2) is 5.11 Å². The molecule has 2 nitrogen and oxygen atoms in total. The third-order valence-electron chi connectivity index (χ3n) is 2.71. The second-order valence-corrected chi connectivity index (χ2v) is 4.93. The third kappa shape index (κ3) is 3.12. The highest BCUT2D eigenvalue weighted by Gasteiger charge is 2.11. The Balaban J connectivity index is 2.26. The van der Waals surface area contributed by atoms with Crippen LogP contribution < -0.4 is 4.74 Å². The molecule has 94 valence electrons. The highest BCUT2D eigenvalue weighted by Crippen LogP contribution is 2.31. The first-order valence-electron chi connectivity index (χ1n) is 5.91. The molecule has 3 heteroatoms. The molecular formula is C15H15BrO2. The number of benzene rings is 2. The van der Waals surface area contributed by atoms with E-state index in [0.717, 1.165) is 15.8 Å². The van der Waals surface area contributed by atoms with Gasteiger partial charge in [-0.05, 0) is 36.8 Å². The van der Waals surface area contributed by atoms with Crippen LogP contribution in [0, 0.1) is 0 Å². The summed E-state index contributed by atoms with van der Waals surface area (Å²) in [7, 11) is 0. The first-order chi connectivity index (χ1) is 8.70. The number of aliphatic hydroxyl groups is 1. The van der Waals surface area contributed by atoms with Crippen molar-refractivity contribution in [2.75, 3.05) is 0 Å². The van der Waals surface area contributed by atoms with Crippen molar-refractivity contribution in [3.8, 4) is 11.5 Å². The summed E-state index contributed by atoms with van der Waals surface area (Å²) < 4.78 is 6.82. The normalized spacial score (nSPS) is 12.2. The molecule has 0 saturated heterocycles. The first-order valence-corrected chi connectivity index (χ1v) is 6.70. The quantitative estimate of drug-likeness (QED) is 0.888. The van der Waals surface area contributed by atoms with E-state index in [1.807, 2.05) is 55.5 Å². The van der Waals surface area contributed by atoms with Crippen molar-refractivity contribution in [3.05, 3.63) is 58.6 Å². The van der Waals surface area contributed by atoms with Crippen molar-refractivity contribution in [1.29, 1.82) is 0 Å². The van der Waals surface area contributed by atoms with Crippen molar-refractivity contribution < 1.29 is 9.84 Å². The van der Waals surface area contributed by atoms with Gasteiger partial charge in [-0.1, -0.05) is 41.1 Å². The van der Waals surface area contributed by atoms with E-state index in [1.54, 1.807) is 0 Å². The third-order valence-corrected chi connectivity index (χ3v) is 3.23. The number of hydrogen-bond donors (Lipinski definition) is 1. The number of halogens is 1. The Morgan fingerprint density at radius 3 is 2.44 bits per heavy atom. The average molecular weight is 307 g/mol. The highest BCUT2D eigenvalue weighted by molar-refractivity contribution is 9.10. The van der Waals surface area contributed by atoms with Crippen molar-refractivity contribution >= 4 is 15.9 Å². The predicted octanol–water partition coefficient (Wildman–Crippen LogP) is 4.68. The Kier molecular flexibility index (Phi) is 4.39. The van der Waals surface area contributed by atoms with Crippen LogP contribution in [0.2, 0.25) is 0 Å². The van der Waals surface area contributed by atoms with Gasteiger partial charge in [0.15, 0.2) is 0 Å². The van der Waals surface area contributed by atoms with Crippen LogP contribution in [0.4, 0.5) is 0 Å². The molecule has 0 aliphatic carbocycles. The van der Waals surface area contributed by atoms with Crippen molar-refractivity contribution in [2.45, 2.75) is 19.4 Å². The topological polar surface area (TPSA) is 29.5 Å². The van der Waals surface area contributed by atoms with E-state index in [1.165, 1.54) is 0 Å². The molecule has 0 amide bonds. The molecule has 0 aromatic heterocycles. The zero-order valence-electron chi connectivity index (χ0n) is 10.1. The fourth-order valence-corrected chi connectivity index (χ4v) is 1.96. The molecule has 0 aliphatic rings. The maximum absolute atomic E-state index is 9.94. The lowest BCUT2D eigenvalue weighted by molar-refractivity contribution is 0.170. The van der Waals surface area contributed by atoms with E-state index in [-0.39, 0.29) is 0 Å². The summed E-state index contributed by atoms with van der Waals surface area (Å²) in [6, 6.07) is 15.2. The van der Waals surface area contributed by atoms with Gasteiger partial charge in [0.25, 0.3) is 0 Å². The molecule has 1 atom stereocenters. The van der Waals surface area contributed by atoms with Gasteiger partial charge in [0.05, 0.1) is 6.10 Å². The van der Waals surface area contributed by atoms with Crippen LogP contribution in [0.5, 0.6) is 11.5 Å². The van der Waals surface area contributed by atoms with Crippen molar-refractivity contribution in [2.24, 2.45) is 0 Å². The van der Waals surface area contributed by atoms with Crippen LogP contribution in [0.1, 0.15) is 25.0 Å². The van der Waals surface area contributed by atoms with Crippen LogP contribution in [0.15, 0.2) is 53.0 Å². The summed E-state index contributed by atoms with van der Waals surface area (Å²) in [5.41, 5.74) is 0.822. The molecule has 0 heterocycles. The standard InChI is InChI=1S/C15H15BrO2/c1-2-14(17)13-5-3-4-6-15(13)18-12-9-7-11(16)8-10-12/h3-10,14,17H,2H2,1H3/t14-/m1/s1. The van der Waals surface area contributed by atoms with Gasteiger partial charge in [-0.15, -0.1) is 0 Å². The van der Waals surface area contributed by atoms with Gasteiger partial charge in [0.2, 0.25) is 0 Å². The van der Waals surface area contributed by atoms with Gasteiger partial charge in [0.1, 0.15) is 11.5 Å². The second-order valence-electron chi connectivity index (χ2n) is 4.02. The number of ether oxygens (including phenoxy) is 1.